The quantitative estimate of drug-likeness (QED) is 0.0221. The Morgan fingerprint density at radius 1 is 0.472 bits per heavy atom. The van der Waals surface area contributed by atoms with Gasteiger partial charge in [-0.15, -0.1) is 0 Å². The fourth-order valence-electron chi connectivity index (χ4n) is 7.23. The highest BCUT2D eigenvalue weighted by Gasteiger charge is 2.25. The first kappa shape index (κ1) is 68.6. The molecule has 0 bridgehead atoms. The number of carboxylic acid groups (broad SMARTS) is 3. The first-order valence-corrected chi connectivity index (χ1v) is 32.8. The topological polar surface area (TPSA) is 273 Å². The molecule has 7 N–H and O–H groups in total. The highest BCUT2D eigenvalue weighted by atomic mass is 33.2. The molecule has 418 valence electrons. The third kappa shape index (κ3) is 44.8. The Balaban J connectivity index is 1.92. The van der Waals surface area contributed by atoms with E-state index in [4.69, 9.17) is 24.1 Å². The van der Waals surface area contributed by atoms with E-state index < -0.39 is 34.6 Å². The highest BCUT2D eigenvalue weighted by molar-refractivity contribution is 8.92. The molecule has 1 fully saturated rings. The molecule has 0 aromatic heterocycles. The van der Waals surface area contributed by atoms with E-state index in [0.717, 1.165) is 50.0 Å². The molecule has 0 aromatic rings. The molecule has 18 nitrogen and oxygen atoms in total. The Bertz CT molecular complexity index is 1460. The molecule has 1 rings (SSSR count). The predicted molar refractivity (Wildman–Crippen MR) is 293 cm³/mol. The summed E-state index contributed by atoms with van der Waals surface area (Å²) >= 11 is 0. The van der Waals surface area contributed by atoms with Gasteiger partial charge in [0.15, 0.2) is 10.6 Å². The van der Waals surface area contributed by atoms with Crippen molar-refractivity contribution >= 4 is 106 Å². The zero-order valence-electron chi connectivity index (χ0n) is 42.2. The molecular formula is C48H85N3O15S6. The fourth-order valence-corrected chi connectivity index (χ4v) is 17.1. The number of rotatable bonds is 50. The Morgan fingerprint density at radius 3 is 1.62 bits per heavy atom. The molecule has 2 unspecified atom stereocenters. The minimum absolute atomic E-state index is 0.00186. The van der Waals surface area contributed by atoms with Gasteiger partial charge in [-0.05, 0) is 66.5 Å². The molecule has 0 aromatic carbocycles. The van der Waals surface area contributed by atoms with Gasteiger partial charge in [0.1, 0.15) is 29.7 Å². The van der Waals surface area contributed by atoms with Crippen LogP contribution >= 0.6 is 64.8 Å². The Labute approximate surface area is 451 Å². The molecule has 1 saturated heterocycles. The van der Waals surface area contributed by atoms with Gasteiger partial charge in [-0.25, -0.2) is 0 Å². The number of hydrogen-bond acceptors (Lipinski definition) is 19. The van der Waals surface area contributed by atoms with Gasteiger partial charge in [0.25, 0.3) is 0 Å². The molecule has 0 spiro atoms. The van der Waals surface area contributed by atoms with Crippen LogP contribution in [0.4, 0.5) is 0 Å². The summed E-state index contributed by atoms with van der Waals surface area (Å²) < 4.78 is 20.9. The second-order valence-electron chi connectivity index (χ2n) is 17.5. The van der Waals surface area contributed by atoms with Gasteiger partial charge in [-0.2, -0.15) is 0 Å². The van der Waals surface area contributed by atoms with Crippen molar-refractivity contribution in [3.05, 3.63) is 0 Å². The summed E-state index contributed by atoms with van der Waals surface area (Å²) in [6.45, 7) is 1.92. The van der Waals surface area contributed by atoms with Crippen molar-refractivity contribution < 1.29 is 72.9 Å². The number of amides is 2. The van der Waals surface area contributed by atoms with Crippen LogP contribution in [-0.4, -0.2) is 148 Å². The molecule has 24 heteroatoms. The van der Waals surface area contributed by atoms with E-state index in [0.29, 0.717) is 45.3 Å². The van der Waals surface area contributed by atoms with Crippen LogP contribution in [0.1, 0.15) is 167 Å². The number of hydrogen-bond donors (Lipinski definition) is 7. The molecule has 0 radical (unpaired) electrons. The Morgan fingerprint density at radius 2 is 1.01 bits per heavy atom. The monoisotopic (exact) mass is 1140 g/mol. The molecule has 1 aliphatic heterocycles. The maximum atomic E-state index is 12.5. The molecule has 72 heavy (non-hydrogen) atoms. The lowest BCUT2D eigenvalue weighted by molar-refractivity contribution is -0.144. The van der Waals surface area contributed by atoms with E-state index in [1.54, 1.807) is 32.4 Å². The van der Waals surface area contributed by atoms with Gasteiger partial charge in [-0.1, -0.05) is 133 Å². The van der Waals surface area contributed by atoms with E-state index in [-0.39, 0.29) is 113 Å². The number of carbonyl (C=O) groups is 7. The van der Waals surface area contributed by atoms with Crippen molar-refractivity contribution in [2.24, 2.45) is 5.92 Å². The van der Waals surface area contributed by atoms with Crippen LogP contribution in [0.15, 0.2) is 0 Å². The van der Waals surface area contributed by atoms with Crippen molar-refractivity contribution in [3.63, 3.8) is 0 Å². The smallest absolute Gasteiger partial charge is 0.320 e. The predicted octanol–water partition coefficient (Wildman–Crippen LogP) is 9.07. The number of carbonyl (C=O) groups excluding carboxylic acids is 4. The van der Waals surface area contributed by atoms with Crippen molar-refractivity contribution in [2.75, 3.05) is 71.0 Å². The summed E-state index contributed by atoms with van der Waals surface area (Å²) in [6, 6.07) is -0.738. The number of aliphatic hydroxyl groups is 1. The fraction of sp³-hybridized carbons (Fsp3) is 0.854. The van der Waals surface area contributed by atoms with E-state index >= 15 is 0 Å². The largest absolute Gasteiger partial charge is 0.481 e. The summed E-state index contributed by atoms with van der Waals surface area (Å²) in [5.41, 5.74) is 0. The van der Waals surface area contributed by atoms with Crippen LogP contribution in [-0.2, 0) is 52.5 Å². The zero-order chi connectivity index (χ0) is 52.7. The van der Waals surface area contributed by atoms with Gasteiger partial charge in [0.05, 0.1) is 44.0 Å². The summed E-state index contributed by atoms with van der Waals surface area (Å²) in [5, 5.41) is 47.3. The number of aliphatic carboxylic acids is 3. The second-order valence-corrected chi connectivity index (χ2v) is 25.8. The number of aliphatic hydroxyl groups excluding tert-OH is 1. The maximum absolute atomic E-state index is 12.5. The lowest BCUT2D eigenvalue weighted by Gasteiger charge is -2.21. The van der Waals surface area contributed by atoms with Crippen molar-refractivity contribution in [1.82, 2.24) is 16.0 Å². The first-order valence-electron chi connectivity index (χ1n) is 25.7. The van der Waals surface area contributed by atoms with E-state index in [2.05, 4.69) is 16.0 Å². The number of ether oxygens (including phenoxy) is 4. The van der Waals surface area contributed by atoms with Crippen LogP contribution < -0.4 is 16.0 Å². The lowest BCUT2D eigenvalue weighted by atomic mass is 9.94. The van der Waals surface area contributed by atoms with Crippen LogP contribution in [0.3, 0.4) is 0 Å². The van der Waals surface area contributed by atoms with E-state index in [9.17, 15) is 48.9 Å². The third-order valence-corrected chi connectivity index (χ3v) is 21.0. The minimum Gasteiger partial charge on any atom is -0.481 e. The number of unbranched alkanes of at least 4 members (excludes halogenated alkanes) is 16. The molecule has 1 aliphatic rings. The van der Waals surface area contributed by atoms with Crippen LogP contribution in [0.25, 0.3) is 0 Å². The number of carboxylic acids is 3. The van der Waals surface area contributed by atoms with E-state index in [1.165, 1.54) is 90.2 Å². The SMILES string of the molecule is O=C(O)CCCCCCCCCCCCCCCCCCC(=O)C[C@@H](CCC(=O)NCCOCCOCC(=O)CCCOCCOCC(=O)NCCCC[C@H](NC1SSCSSC(O)SS1)C(=O)O)C(=O)O. The minimum atomic E-state index is -1.07. The lowest BCUT2D eigenvalue weighted by Crippen LogP contribution is -2.40. The summed E-state index contributed by atoms with van der Waals surface area (Å²) in [5.74, 6) is -4.35. The van der Waals surface area contributed by atoms with Gasteiger partial charge in [-0.3, -0.25) is 38.9 Å². The average Bonchev–Trinajstić information content (AvgIpc) is 3.44. The molecule has 2 amide bonds. The second kappa shape index (κ2) is 49.1. The van der Waals surface area contributed by atoms with Crippen LogP contribution in [0, 0.1) is 5.92 Å². The number of ketones is 2. The van der Waals surface area contributed by atoms with E-state index in [1.807, 2.05) is 0 Å². The molecular weight excluding hydrogens is 1050 g/mol. The Kier molecular flexibility index (Phi) is 46.8. The number of Topliss-reactive ketones (excluding diaryl/α,β-unsaturated/α-hetero) is 2. The van der Waals surface area contributed by atoms with Gasteiger partial charge in [0, 0.05) is 51.8 Å². The van der Waals surface area contributed by atoms with Crippen molar-refractivity contribution in [1.29, 1.82) is 0 Å². The Hall–Kier alpha value is -1.45. The molecule has 0 aliphatic carbocycles. The average molecular weight is 1140 g/mol. The molecule has 4 atom stereocenters. The molecule has 0 saturated carbocycles. The third-order valence-electron chi connectivity index (χ3n) is 11.2. The van der Waals surface area contributed by atoms with Crippen molar-refractivity contribution in [2.45, 2.75) is 182 Å². The number of nitrogens with one attached hydrogen (secondary N) is 3. The highest BCUT2D eigenvalue weighted by Crippen LogP contribution is 2.49. The summed E-state index contributed by atoms with van der Waals surface area (Å²) in [6.07, 6.45) is 21.1. The summed E-state index contributed by atoms with van der Waals surface area (Å²) in [7, 11) is 8.82. The first-order chi connectivity index (χ1) is 34.9. The van der Waals surface area contributed by atoms with Gasteiger partial charge in [0.2, 0.25) is 11.8 Å². The molecule has 1 heterocycles. The van der Waals surface area contributed by atoms with Crippen LogP contribution in [0.2, 0.25) is 0 Å². The summed E-state index contributed by atoms with van der Waals surface area (Å²) in [4.78, 5) is 83.1. The normalized spacial score (nSPS) is 16.0. The standard InChI is InChI=1S/C48H85N3O15S6/c52-39(20-15-13-11-9-7-5-3-1-2-4-6-8-10-12-14-16-23-44(56)57)34-38(45(58)59)24-25-42(54)50-27-29-64-31-32-65-35-40(53)21-19-28-63-30-33-66-36-43(55)49-26-18-17-22-41(46(60)61)51-47-69-67-37-68-71-48(62)72-70-47/h38,41,47-48,51,62H,1-37H2,(H,49,55)(H,50,54)(H,56,57)(H,58,59)(H,60,61)/t38-,41+,47?,48?/m1/s1. The van der Waals surface area contributed by atoms with Crippen molar-refractivity contribution in [3.8, 4) is 0 Å². The van der Waals surface area contributed by atoms with Crippen LogP contribution in [0.5, 0.6) is 0 Å². The zero-order valence-corrected chi connectivity index (χ0v) is 47.1. The van der Waals surface area contributed by atoms with Gasteiger partial charge >= 0.3 is 17.9 Å². The van der Waals surface area contributed by atoms with Gasteiger partial charge < -0.3 is 50.0 Å². The maximum Gasteiger partial charge on any atom is 0.320 e.